The van der Waals surface area contributed by atoms with E-state index >= 15 is 0 Å². The molecule has 0 radical (unpaired) electrons. The number of aliphatic hydroxyl groups excluding tert-OH is 2. The number of halogens is 1. The van der Waals surface area contributed by atoms with E-state index in [1.54, 1.807) is 0 Å². The van der Waals surface area contributed by atoms with Crippen LogP contribution in [0.2, 0.25) is 0 Å². The van der Waals surface area contributed by atoms with Crippen LogP contribution >= 0.6 is 11.6 Å². The molecule has 0 aromatic heterocycles. The standard InChI is InChI=1S/C5H7ClO4/c6-3(1-5(9)10)4(8)2-7/h1,4,7-8H,2H2,(H,9,10)/b3-1-. The average Bonchev–Trinajstić information content (AvgIpc) is 1.85. The first-order valence-corrected chi connectivity index (χ1v) is 2.84. The molecular weight excluding hydrogens is 160 g/mol. The van der Waals surface area contributed by atoms with Gasteiger partial charge in [0.25, 0.3) is 0 Å². The Hall–Kier alpha value is -0.580. The number of aliphatic hydroxyl groups is 2. The normalized spacial score (nSPS) is 14.9. The number of carboxylic acid groups (broad SMARTS) is 1. The van der Waals surface area contributed by atoms with Gasteiger partial charge in [-0.05, 0) is 0 Å². The summed E-state index contributed by atoms with van der Waals surface area (Å²) in [5.74, 6) is -1.25. The summed E-state index contributed by atoms with van der Waals surface area (Å²) in [6, 6.07) is 0. The lowest BCUT2D eigenvalue weighted by Gasteiger charge is -2.02. The number of carboxylic acids is 1. The molecule has 0 aromatic carbocycles. The lowest BCUT2D eigenvalue weighted by atomic mass is 10.3. The molecule has 4 nitrogen and oxygen atoms in total. The Labute approximate surface area is 62.4 Å². The predicted molar refractivity (Wildman–Crippen MR) is 34.7 cm³/mol. The van der Waals surface area contributed by atoms with Crippen molar-refractivity contribution in [2.45, 2.75) is 6.10 Å². The van der Waals surface area contributed by atoms with E-state index in [9.17, 15) is 4.79 Å². The summed E-state index contributed by atoms with van der Waals surface area (Å²) >= 11 is 5.20. The second kappa shape index (κ2) is 4.27. The highest BCUT2D eigenvalue weighted by atomic mass is 35.5. The summed E-state index contributed by atoms with van der Waals surface area (Å²) in [7, 11) is 0. The van der Waals surface area contributed by atoms with E-state index in [4.69, 9.17) is 26.9 Å². The molecule has 10 heavy (non-hydrogen) atoms. The Balaban J connectivity index is 4.04. The molecule has 58 valence electrons. The van der Waals surface area contributed by atoms with Gasteiger partial charge in [-0.25, -0.2) is 4.79 Å². The molecule has 0 spiro atoms. The Morgan fingerprint density at radius 2 is 2.20 bits per heavy atom. The monoisotopic (exact) mass is 166 g/mol. The molecule has 0 aliphatic heterocycles. The molecule has 1 unspecified atom stereocenters. The van der Waals surface area contributed by atoms with Gasteiger partial charge in [0.05, 0.1) is 11.6 Å². The summed E-state index contributed by atoms with van der Waals surface area (Å²) in [5, 5.41) is 24.7. The van der Waals surface area contributed by atoms with Crippen molar-refractivity contribution >= 4 is 17.6 Å². The summed E-state index contributed by atoms with van der Waals surface area (Å²) < 4.78 is 0. The molecule has 0 aliphatic carbocycles. The Morgan fingerprint density at radius 3 is 2.50 bits per heavy atom. The zero-order chi connectivity index (χ0) is 8.15. The molecule has 1 atom stereocenters. The van der Waals surface area contributed by atoms with Gasteiger partial charge < -0.3 is 15.3 Å². The summed E-state index contributed by atoms with van der Waals surface area (Å²) in [6.07, 6.45) is -0.666. The Bertz CT molecular complexity index is 154. The highest BCUT2D eigenvalue weighted by molar-refractivity contribution is 6.31. The fraction of sp³-hybridized carbons (Fsp3) is 0.400. The first-order chi connectivity index (χ1) is 4.57. The van der Waals surface area contributed by atoms with Crippen LogP contribution in [0.5, 0.6) is 0 Å². The van der Waals surface area contributed by atoms with Crippen LogP contribution < -0.4 is 0 Å². The highest BCUT2D eigenvalue weighted by Crippen LogP contribution is 2.06. The summed E-state index contributed by atoms with van der Waals surface area (Å²) in [4.78, 5) is 9.88. The van der Waals surface area contributed by atoms with Crippen LogP contribution in [-0.4, -0.2) is 34.0 Å². The van der Waals surface area contributed by atoms with Crippen LogP contribution in [0.3, 0.4) is 0 Å². The molecule has 5 heteroatoms. The third-order valence-electron chi connectivity index (χ3n) is 0.753. The maximum Gasteiger partial charge on any atom is 0.329 e. The topological polar surface area (TPSA) is 77.8 Å². The van der Waals surface area contributed by atoms with Crippen LogP contribution in [0, 0.1) is 0 Å². The van der Waals surface area contributed by atoms with Crippen molar-refractivity contribution < 1.29 is 20.1 Å². The minimum atomic E-state index is -1.29. The van der Waals surface area contributed by atoms with Gasteiger partial charge in [0, 0.05) is 6.08 Å². The molecule has 0 amide bonds. The van der Waals surface area contributed by atoms with Gasteiger partial charge in [0.2, 0.25) is 0 Å². The molecule has 0 saturated carbocycles. The van der Waals surface area contributed by atoms with Crippen LogP contribution in [-0.2, 0) is 4.79 Å². The summed E-state index contributed by atoms with van der Waals surface area (Å²) in [5.41, 5.74) is 0. The minimum absolute atomic E-state index is 0.282. The van der Waals surface area contributed by atoms with E-state index < -0.39 is 18.7 Å². The van der Waals surface area contributed by atoms with Crippen molar-refractivity contribution in [3.05, 3.63) is 11.1 Å². The first-order valence-electron chi connectivity index (χ1n) is 2.47. The first kappa shape index (κ1) is 9.42. The second-order valence-electron chi connectivity index (χ2n) is 1.57. The van der Waals surface area contributed by atoms with Crippen molar-refractivity contribution in [2.75, 3.05) is 6.61 Å². The van der Waals surface area contributed by atoms with E-state index in [1.165, 1.54) is 0 Å². The van der Waals surface area contributed by atoms with Crippen molar-refractivity contribution in [1.82, 2.24) is 0 Å². The second-order valence-corrected chi connectivity index (χ2v) is 2.00. The average molecular weight is 167 g/mol. The summed E-state index contributed by atoms with van der Waals surface area (Å²) in [6.45, 7) is -0.581. The van der Waals surface area contributed by atoms with Crippen LogP contribution in [0.25, 0.3) is 0 Å². The van der Waals surface area contributed by atoms with E-state index in [2.05, 4.69) is 0 Å². The fourth-order valence-corrected chi connectivity index (χ4v) is 0.464. The van der Waals surface area contributed by atoms with E-state index in [0.717, 1.165) is 0 Å². The smallest absolute Gasteiger partial charge is 0.329 e. The number of hydrogen-bond donors (Lipinski definition) is 3. The van der Waals surface area contributed by atoms with Gasteiger partial charge in [-0.2, -0.15) is 0 Å². The largest absolute Gasteiger partial charge is 0.478 e. The van der Waals surface area contributed by atoms with Gasteiger partial charge in [0.15, 0.2) is 0 Å². The molecule has 0 aromatic rings. The Morgan fingerprint density at radius 1 is 1.70 bits per heavy atom. The van der Waals surface area contributed by atoms with E-state index in [1.807, 2.05) is 0 Å². The SMILES string of the molecule is O=C(O)/C=C(\Cl)C(O)CO. The molecular formula is C5H7ClO4. The molecule has 0 bridgehead atoms. The zero-order valence-electron chi connectivity index (χ0n) is 4.99. The fourth-order valence-electron chi connectivity index (χ4n) is 0.301. The molecule has 0 aliphatic rings. The van der Waals surface area contributed by atoms with Gasteiger partial charge in [-0.3, -0.25) is 0 Å². The van der Waals surface area contributed by atoms with Crippen LogP contribution in [0.1, 0.15) is 0 Å². The lowest BCUT2D eigenvalue weighted by Crippen LogP contribution is -2.12. The highest BCUT2D eigenvalue weighted by Gasteiger charge is 2.07. The van der Waals surface area contributed by atoms with E-state index in [-0.39, 0.29) is 5.03 Å². The number of aliphatic carboxylic acids is 1. The number of rotatable bonds is 3. The van der Waals surface area contributed by atoms with Gasteiger partial charge >= 0.3 is 5.97 Å². The maximum atomic E-state index is 9.88. The third-order valence-corrected chi connectivity index (χ3v) is 1.11. The van der Waals surface area contributed by atoms with E-state index in [0.29, 0.717) is 6.08 Å². The number of hydrogen-bond acceptors (Lipinski definition) is 3. The predicted octanol–water partition coefficient (Wildman–Crippen LogP) is -0.453. The maximum absolute atomic E-state index is 9.88. The Kier molecular flexibility index (Phi) is 4.02. The zero-order valence-corrected chi connectivity index (χ0v) is 5.75. The van der Waals surface area contributed by atoms with Crippen LogP contribution in [0.4, 0.5) is 0 Å². The van der Waals surface area contributed by atoms with Crippen molar-refractivity contribution in [1.29, 1.82) is 0 Å². The van der Waals surface area contributed by atoms with Gasteiger partial charge in [-0.1, -0.05) is 11.6 Å². The van der Waals surface area contributed by atoms with Crippen molar-refractivity contribution in [3.8, 4) is 0 Å². The quantitative estimate of drug-likeness (QED) is 0.496. The van der Waals surface area contributed by atoms with Gasteiger partial charge in [-0.15, -0.1) is 0 Å². The minimum Gasteiger partial charge on any atom is -0.478 e. The molecule has 3 N–H and O–H groups in total. The molecule has 0 rings (SSSR count). The van der Waals surface area contributed by atoms with Crippen molar-refractivity contribution in [2.24, 2.45) is 0 Å². The van der Waals surface area contributed by atoms with Crippen molar-refractivity contribution in [3.63, 3.8) is 0 Å². The molecule has 0 fully saturated rings. The van der Waals surface area contributed by atoms with Crippen LogP contribution in [0.15, 0.2) is 11.1 Å². The lowest BCUT2D eigenvalue weighted by molar-refractivity contribution is -0.131. The third kappa shape index (κ3) is 3.45. The molecule has 0 heterocycles. The number of carbonyl (C=O) groups is 1. The van der Waals surface area contributed by atoms with Gasteiger partial charge in [0.1, 0.15) is 6.10 Å². The molecule has 0 saturated heterocycles.